The van der Waals surface area contributed by atoms with Crippen LogP contribution in [0.1, 0.15) is 59.3 Å². The molecule has 1 rings (SSSR count). The smallest absolute Gasteiger partial charge is 0.317 e. The van der Waals surface area contributed by atoms with E-state index in [4.69, 9.17) is 5.11 Å². The van der Waals surface area contributed by atoms with Gasteiger partial charge in [0.25, 0.3) is 0 Å². The van der Waals surface area contributed by atoms with Gasteiger partial charge in [-0.1, -0.05) is 20.8 Å². The molecule has 1 heterocycles. The second-order valence-corrected chi connectivity index (χ2v) is 5.80. The molecule has 0 aromatic carbocycles. The highest BCUT2D eigenvalue weighted by molar-refractivity contribution is 5.75. The molecular weight excluding hydrogens is 256 g/mol. The van der Waals surface area contributed by atoms with Gasteiger partial charge >= 0.3 is 12.0 Å². The van der Waals surface area contributed by atoms with Crippen LogP contribution in [0.4, 0.5) is 4.79 Å². The molecule has 0 saturated carbocycles. The molecule has 0 aromatic rings. The molecule has 5 heteroatoms. The zero-order chi connectivity index (χ0) is 15.2. The van der Waals surface area contributed by atoms with E-state index in [0.717, 1.165) is 32.2 Å². The van der Waals surface area contributed by atoms with Gasteiger partial charge in [-0.05, 0) is 38.0 Å². The van der Waals surface area contributed by atoms with Crippen molar-refractivity contribution in [2.24, 2.45) is 5.92 Å². The fourth-order valence-electron chi connectivity index (χ4n) is 2.90. The summed E-state index contributed by atoms with van der Waals surface area (Å²) in [6.45, 7) is 7.74. The van der Waals surface area contributed by atoms with Crippen molar-refractivity contribution in [3.8, 4) is 0 Å². The number of urea groups is 1. The summed E-state index contributed by atoms with van der Waals surface area (Å²) in [5.74, 6) is -0.425. The van der Waals surface area contributed by atoms with Crippen molar-refractivity contribution in [1.29, 1.82) is 0 Å². The van der Waals surface area contributed by atoms with Crippen LogP contribution in [0, 0.1) is 5.92 Å². The molecule has 2 N–H and O–H groups in total. The second kappa shape index (κ2) is 7.50. The van der Waals surface area contributed by atoms with Crippen LogP contribution in [0.15, 0.2) is 0 Å². The van der Waals surface area contributed by atoms with Crippen LogP contribution in [0.2, 0.25) is 0 Å². The highest BCUT2D eigenvalue weighted by atomic mass is 16.4. The summed E-state index contributed by atoms with van der Waals surface area (Å²) in [6.07, 6.45) is 4.58. The van der Waals surface area contributed by atoms with Gasteiger partial charge < -0.3 is 15.3 Å². The minimum Gasteiger partial charge on any atom is -0.481 e. The van der Waals surface area contributed by atoms with Crippen LogP contribution in [-0.2, 0) is 4.79 Å². The molecule has 116 valence electrons. The van der Waals surface area contributed by atoms with Crippen LogP contribution in [-0.4, -0.2) is 40.6 Å². The van der Waals surface area contributed by atoms with E-state index in [0.29, 0.717) is 18.9 Å². The second-order valence-electron chi connectivity index (χ2n) is 5.80. The monoisotopic (exact) mass is 284 g/mol. The lowest BCUT2D eigenvalue weighted by Gasteiger charge is -2.33. The SMILES string of the molecule is CCC(CC)(CC)NC(=O)N1CCC(CCC(=O)O)C1. The Morgan fingerprint density at radius 2 is 1.85 bits per heavy atom. The van der Waals surface area contributed by atoms with Crippen molar-refractivity contribution in [1.82, 2.24) is 10.2 Å². The van der Waals surface area contributed by atoms with Crippen LogP contribution < -0.4 is 5.32 Å². The first kappa shape index (κ1) is 16.8. The molecule has 2 amide bonds. The number of carbonyl (C=O) groups is 2. The molecule has 1 saturated heterocycles. The summed E-state index contributed by atoms with van der Waals surface area (Å²) in [4.78, 5) is 24.7. The average Bonchev–Trinajstić information content (AvgIpc) is 2.91. The molecule has 1 atom stereocenters. The molecule has 5 nitrogen and oxygen atoms in total. The maximum atomic E-state index is 12.3. The summed E-state index contributed by atoms with van der Waals surface area (Å²) in [6, 6.07) is 0.00775. The molecule has 0 radical (unpaired) electrons. The molecule has 0 spiro atoms. The lowest BCUT2D eigenvalue weighted by Crippen LogP contribution is -2.52. The minimum atomic E-state index is -0.755. The summed E-state index contributed by atoms with van der Waals surface area (Å²) < 4.78 is 0. The van der Waals surface area contributed by atoms with Gasteiger partial charge in [-0.2, -0.15) is 0 Å². The Labute approximate surface area is 121 Å². The van der Waals surface area contributed by atoms with Gasteiger partial charge in [-0.25, -0.2) is 4.79 Å². The van der Waals surface area contributed by atoms with Gasteiger partial charge in [0.05, 0.1) is 0 Å². The van der Waals surface area contributed by atoms with Crippen molar-refractivity contribution in [2.75, 3.05) is 13.1 Å². The molecule has 1 aliphatic heterocycles. The van der Waals surface area contributed by atoms with Crippen molar-refractivity contribution in [3.63, 3.8) is 0 Å². The number of hydrogen-bond donors (Lipinski definition) is 2. The number of carboxylic acids is 1. The molecule has 1 unspecified atom stereocenters. The van der Waals surface area contributed by atoms with Crippen molar-refractivity contribution < 1.29 is 14.7 Å². The van der Waals surface area contributed by atoms with Gasteiger partial charge in [-0.15, -0.1) is 0 Å². The van der Waals surface area contributed by atoms with E-state index in [-0.39, 0.29) is 18.0 Å². The molecule has 1 aliphatic rings. The Morgan fingerprint density at radius 3 is 2.35 bits per heavy atom. The van der Waals surface area contributed by atoms with Crippen LogP contribution >= 0.6 is 0 Å². The fourth-order valence-corrected chi connectivity index (χ4v) is 2.90. The highest BCUT2D eigenvalue weighted by Crippen LogP contribution is 2.23. The molecular formula is C15H28N2O3. The first-order valence-electron chi connectivity index (χ1n) is 7.75. The van der Waals surface area contributed by atoms with Crippen molar-refractivity contribution >= 4 is 12.0 Å². The molecule has 0 bridgehead atoms. The first-order chi connectivity index (χ1) is 9.46. The van der Waals surface area contributed by atoms with Gasteiger partial charge in [0.15, 0.2) is 0 Å². The zero-order valence-corrected chi connectivity index (χ0v) is 12.9. The minimum absolute atomic E-state index is 0.00775. The van der Waals surface area contributed by atoms with E-state index in [1.165, 1.54) is 0 Å². The number of nitrogens with zero attached hydrogens (tertiary/aromatic N) is 1. The lowest BCUT2D eigenvalue weighted by molar-refractivity contribution is -0.137. The van der Waals surface area contributed by atoms with E-state index in [1.54, 1.807) is 0 Å². The Hall–Kier alpha value is -1.26. The number of carboxylic acid groups (broad SMARTS) is 1. The third-order valence-corrected chi connectivity index (χ3v) is 4.74. The fraction of sp³-hybridized carbons (Fsp3) is 0.867. The van der Waals surface area contributed by atoms with Crippen LogP contribution in [0.25, 0.3) is 0 Å². The summed E-state index contributed by atoms with van der Waals surface area (Å²) >= 11 is 0. The summed E-state index contributed by atoms with van der Waals surface area (Å²) in [5.41, 5.74) is -0.101. The van der Waals surface area contributed by atoms with E-state index >= 15 is 0 Å². The lowest BCUT2D eigenvalue weighted by atomic mass is 9.90. The van der Waals surface area contributed by atoms with Gasteiger partial charge in [0, 0.05) is 25.0 Å². The highest BCUT2D eigenvalue weighted by Gasteiger charge is 2.31. The van der Waals surface area contributed by atoms with Gasteiger partial charge in [0.1, 0.15) is 0 Å². The topological polar surface area (TPSA) is 69.6 Å². The molecule has 0 aliphatic carbocycles. The summed E-state index contributed by atoms with van der Waals surface area (Å²) in [5, 5.41) is 11.9. The number of nitrogens with one attached hydrogen (secondary N) is 1. The number of hydrogen-bond acceptors (Lipinski definition) is 2. The quantitative estimate of drug-likeness (QED) is 0.755. The van der Waals surface area contributed by atoms with E-state index in [2.05, 4.69) is 26.1 Å². The van der Waals surface area contributed by atoms with E-state index in [9.17, 15) is 9.59 Å². The maximum Gasteiger partial charge on any atom is 0.317 e. The average molecular weight is 284 g/mol. The van der Waals surface area contributed by atoms with Gasteiger partial charge in [-0.3, -0.25) is 4.79 Å². The maximum absolute atomic E-state index is 12.3. The summed E-state index contributed by atoms with van der Waals surface area (Å²) in [7, 11) is 0. The van der Waals surface area contributed by atoms with Crippen molar-refractivity contribution in [3.05, 3.63) is 0 Å². The van der Waals surface area contributed by atoms with Crippen molar-refractivity contribution in [2.45, 2.75) is 64.8 Å². The molecule has 0 aromatic heterocycles. The van der Waals surface area contributed by atoms with E-state index in [1.807, 2.05) is 4.90 Å². The number of amides is 2. The zero-order valence-electron chi connectivity index (χ0n) is 12.9. The normalized spacial score (nSPS) is 19.1. The number of aliphatic carboxylic acids is 1. The Kier molecular flexibility index (Phi) is 6.30. The third kappa shape index (κ3) is 4.39. The standard InChI is InChI=1S/C15H28N2O3/c1-4-15(5-2,6-3)16-14(20)17-10-9-12(11-17)7-8-13(18)19/h12H,4-11H2,1-3H3,(H,16,20)(H,18,19). The Bertz CT molecular complexity index is 332. The Balaban J connectivity index is 2.47. The Morgan fingerprint density at radius 1 is 1.25 bits per heavy atom. The predicted octanol–water partition coefficient (Wildman–Crippen LogP) is 2.85. The number of likely N-dealkylation sites (tertiary alicyclic amines) is 1. The van der Waals surface area contributed by atoms with Crippen LogP contribution in [0.5, 0.6) is 0 Å². The largest absolute Gasteiger partial charge is 0.481 e. The van der Waals surface area contributed by atoms with Crippen LogP contribution in [0.3, 0.4) is 0 Å². The molecule has 20 heavy (non-hydrogen) atoms. The predicted molar refractivity (Wildman–Crippen MR) is 78.7 cm³/mol. The molecule has 1 fully saturated rings. The van der Waals surface area contributed by atoms with E-state index < -0.39 is 5.97 Å². The number of rotatable bonds is 7. The van der Waals surface area contributed by atoms with Gasteiger partial charge in [0.2, 0.25) is 0 Å². The number of carbonyl (C=O) groups excluding carboxylic acids is 1. The third-order valence-electron chi connectivity index (χ3n) is 4.74. The first-order valence-corrected chi connectivity index (χ1v) is 7.75.